The lowest BCUT2D eigenvalue weighted by atomic mass is 10.0. The van der Waals surface area contributed by atoms with Crippen molar-refractivity contribution in [2.75, 3.05) is 5.32 Å². The molecule has 0 atom stereocenters. The molecule has 0 fully saturated rings. The van der Waals surface area contributed by atoms with E-state index in [0.717, 1.165) is 6.07 Å². The number of hydrogen-bond acceptors (Lipinski definition) is 6. The number of primary sulfonamides is 1. The van der Waals surface area contributed by atoms with Crippen LogP contribution in [0.4, 0.5) is 11.5 Å². The number of anilines is 2. The fourth-order valence-electron chi connectivity index (χ4n) is 3.35. The Morgan fingerprint density at radius 1 is 1.12 bits per heavy atom. The van der Waals surface area contributed by atoms with Crippen LogP contribution < -0.4 is 16.0 Å². The first-order chi connectivity index (χ1) is 15.8. The number of aromatic amines is 1. The first-order valence-corrected chi connectivity index (χ1v) is 12.1. The number of fused-ring (bicyclic) bond motifs is 3. The third kappa shape index (κ3) is 4.87. The zero-order chi connectivity index (χ0) is 24.8. The molecule has 4 aromatic rings. The van der Waals surface area contributed by atoms with Crippen molar-refractivity contribution < 1.29 is 13.5 Å². The van der Waals surface area contributed by atoms with Crippen molar-refractivity contribution in [1.82, 2.24) is 9.97 Å². The van der Waals surface area contributed by atoms with Crippen molar-refractivity contribution in [2.24, 2.45) is 5.14 Å². The Labute approximate surface area is 204 Å². The van der Waals surface area contributed by atoms with Gasteiger partial charge in [0, 0.05) is 22.5 Å². The highest BCUT2D eigenvalue weighted by molar-refractivity contribution is 7.89. The normalized spacial score (nSPS) is 11.9. The van der Waals surface area contributed by atoms with Crippen molar-refractivity contribution in [3.63, 3.8) is 0 Å². The minimum Gasteiger partial charge on any atom is -0.378 e. The molecule has 4 rings (SSSR count). The second kappa shape index (κ2) is 8.58. The van der Waals surface area contributed by atoms with Crippen molar-refractivity contribution in [2.45, 2.75) is 24.3 Å². The van der Waals surface area contributed by atoms with Gasteiger partial charge in [-0.1, -0.05) is 35.0 Å². The van der Waals surface area contributed by atoms with Gasteiger partial charge in [0.15, 0.2) is 0 Å². The molecule has 0 unspecified atom stereocenters. The highest BCUT2D eigenvalue weighted by Crippen LogP contribution is 2.35. The average molecular weight is 517 g/mol. The smallest absolute Gasteiger partial charge is 0.256 e. The third-order valence-corrected chi connectivity index (χ3v) is 6.48. The number of nitrogens with one attached hydrogen (secondary N) is 2. The Bertz CT molecular complexity index is 1700. The van der Waals surface area contributed by atoms with Gasteiger partial charge in [0.25, 0.3) is 5.56 Å². The Morgan fingerprint density at radius 3 is 2.50 bits per heavy atom. The summed E-state index contributed by atoms with van der Waals surface area (Å²) >= 11 is 12.1. The summed E-state index contributed by atoms with van der Waals surface area (Å²) < 4.78 is 24.3. The Kier molecular flexibility index (Phi) is 6.06. The summed E-state index contributed by atoms with van der Waals surface area (Å²) in [6, 6.07) is 9.19. The van der Waals surface area contributed by atoms with E-state index in [1.165, 1.54) is 12.3 Å². The number of rotatable bonds is 3. The van der Waals surface area contributed by atoms with E-state index >= 15 is 0 Å². The van der Waals surface area contributed by atoms with Gasteiger partial charge in [0.05, 0.1) is 26.6 Å². The molecule has 11 heteroatoms. The van der Waals surface area contributed by atoms with Gasteiger partial charge in [-0.25, -0.2) is 18.5 Å². The maximum absolute atomic E-state index is 12.8. The van der Waals surface area contributed by atoms with E-state index in [-0.39, 0.29) is 32.0 Å². The average Bonchev–Trinajstić information content (AvgIpc) is 2.73. The molecule has 5 N–H and O–H groups in total. The van der Waals surface area contributed by atoms with Gasteiger partial charge in [0.2, 0.25) is 10.0 Å². The summed E-state index contributed by atoms with van der Waals surface area (Å²) in [5.74, 6) is 5.84. The zero-order valence-corrected chi connectivity index (χ0v) is 20.2. The van der Waals surface area contributed by atoms with E-state index in [1.54, 1.807) is 38.1 Å². The summed E-state index contributed by atoms with van der Waals surface area (Å²) in [7, 11) is -4.16. The lowest BCUT2D eigenvalue weighted by Gasteiger charge is -2.15. The topological polar surface area (TPSA) is 138 Å². The molecular weight excluding hydrogens is 499 g/mol. The van der Waals surface area contributed by atoms with Gasteiger partial charge in [-0.05, 0) is 50.2 Å². The fourth-order valence-corrected chi connectivity index (χ4v) is 4.44. The molecule has 0 bridgehead atoms. The molecule has 2 aromatic heterocycles. The van der Waals surface area contributed by atoms with E-state index in [0.29, 0.717) is 27.2 Å². The van der Waals surface area contributed by atoms with Crippen LogP contribution in [0.15, 0.2) is 52.3 Å². The molecular formula is C23H18Cl2N4O4S. The summed E-state index contributed by atoms with van der Waals surface area (Å²) in [5.41, 5.74) is -0.457. The van der Waals surface area contributed by atoms with Gasteiger partial charge < -0.3 is 15.4 Å². The number of aliphatic hydroxyl groups is 1. The van der Waals surface area contributed by atoms with Crippen molar-refractivity contribution in [3.05, 3.63) is 68.6 Å². The van der Waals surface area contributed by atoms with Crippen LogP contribution in [0.25, 0.3) is 21.7 Å². The minimum atomic E-state index is -4.16. The van der Waals surface area contributed by atoms with E-state index in [2.05, 4.69) is 27.1 Å². The summed E-state index contributed by atoms with van der Waals surface area (Å²) in [5, 5.41) is 19.6. The van der Waals surface area contributed by atoms with Crippen LogP contribution in [0.5, 0.6) is 0 Å². The lowest BCUT2D eigenvalue weighted by molar-refractivity contribution is 0.143. The molecule has 2 heterocycles. The Morgan fingerprint density at radius 2 is 1.82 bits per heavy atom. The monoisotopic (exact) mass is 516 g/mol. The first kappa shape index (κ1) is 24.0. The SMILES string of the molecule is CC(C)(O)C#Cc1ccc2nc(Nc3cc(Cl)c(Cl)cc3S(N)(=O)=O)c3cc[nH]c(=O)c3c2c1. The number of H-pyrrole nitrogens is 1. The van der Waals surface area contributed by atoms with Crippen molar-refractivity contribution in [1.29, 1.82) is 0 Å². The van der Waals surface area contributed by atoms with Gasteiger partial charge in [-0.2, -0.15) is 0 Å². The maximum Gasteiger partial charge on any atom is 0.256 e. The minimum absolute atomic E-state index is 0.0173. The van der Waals surface area contributed by atoms with Crippen LogP contribution >= 0.6 is 23.2 Å². The lowest BCUT2D eigenvalue weighted by Crippen LogP contribution is -2.15. The predicted molar refractivity (Wildman–Crippen MR) is 134 cm³/mol. The molecule has 8 nitrogen and oxygen atoms in total. The zero-order valence-electron chi connectivity index (χ0n) is 17.9. The van der Waals surface area contributed by atoms with Gasteiger partial charge in [0.1, 0.15) is 16.3 Å². The van der Waals surface area contributed by atoms with Crippen LogP contribution in [0.1, 0.15) is 19.4 Å². The van der Waals surface area contributed by atoms with E-state index < -0.39 is 15.6 Å². The molecule has 0 saturated carbocycles. The second-order valence-electron chi connectivity index (χ2n) is 8.03. The van der Waals surface area contributed by atoms with Crippen LogP contribution in [-0.4, -0.2) is 29.1 Å². The number of halogens is 2. The van der Waals surface area contributed by atoms with E-state index in [4.69, 9.17) is 28.3 Å². The number of sulfonamides is 1. The summed E-state index contributed by atoms with van der Waals surface area (Å²) in [4.78, 5) is 19.8. The molecule has 2 aromatic carbocycles. The molecule has 0 spiro atoms. The number of hydrogen-bond donors (Lipinski definition) is 4. The van der Waals surface area contributed by atoms with Crippen molar-refractivity contribution in [3.8, 4) is 11.8 Å². The predicted octanol–water partition coefficient (Wildman–Crippen LogP) is 3.90. The highest BCUT2D eigenvalue weighted by Gasteiger charge is 2.19. The van der Waals surface area contributed by atoms with Crippen LogP contribution in [0.2, 0.25) is 10.0 Å². The number of benzene rings is 2. The third-order valence-electron chi connectivity index (χ3n) is 4.81. The summed E-state index contributed by atoms with van der Waals surface area (Å²) in [6.07, 6.45) is 1.46. The number of nitrogens with zero attached hydrogens (tertiary/aromatic N) is 1. The number of pyridine rings is 2. The van der Waals surface area contributed by atoms with E-state index in [1.807, 2.05) is 0 Å². The van der Waals surface area contributed by atoms with Crippen LogP contribution in [-0.2, 0) is 10.0 Å². The Hall–Kier alpha value is -3.13. The second-order valence-corrected chi connectivity index (χ2v) is 10.4. The fraction of sp³-hybridized carbons (Fsp3) is 0.130. The Balaban J connectivity index is 1.97. The van der Waals surface area contributed by atoms with Crippen LogP contribution in [0.3, 0.4) is 0 Å². The molecule has 174 valence electrons. The quantitative estimate of drug-likeness (QED) is 0.240. The van der Waals surface area contributed by atoms with Crippen LogP contribution in [0, 0.1) is 11.8 Å². The highest BCUT2D eigenvalue weighted by atomic mass is 35.5. The largest absolute Gasteiger partial charge is 0.378 e. The molecule has 0 amide bonds. The van der Waals surface area contributed by atoms with Gasteiger partial charge in [-0.15, -0.1) is 0 Å². The molecule has 0 aliphatic carbocycles. The maximum atomic E-state index is 12.8. The molecule has 34 heavy (non-hydrogen) atoms. The van der Waals surface area contributed by atoms with Crippen molar-refractivity contribution >= 4 is 66.4 Å². The molecule has 0 aliphatic rings. The van der Waals surface area contributed by atoms with Gasteiger partial charge >= 0.3 is 0 Å². The van der Waals surface area contributed by atoms with Gasteiger partial charge in [-0.3, -0.25) is 4.79 Å². The first-order valence-electron chi connectivity index (χ1n) is 9.83. The molecule has 0 radical (unpaired) electrons. The van der Waals surface area contributed by atoms with E-state index in [9.17, 15) is 18.3 Å². The molecule has 0 aliphatic heterocycles. The molecule has 0 saturated heterocycles. The number of aromatic nitrogens is 2. The summed E-state index contributed by atoms with van der Waals surface area (Å²) in [6.45, 7) is 3.14. The standard InChI is InChI=1S/C23H18Cl2N4O4S/c1-23(2,31)7-5-12-3-4-17-14(9-12)20-13(6-8-27-22(20)30)21(28-17)29-18-10-15(24)16(25)11-19(18)34(26,32)33/h3-4,6,8-11,31H,1-2H3,(H,27,30)(H,28,29)(H2,26,32,33). The number of nitrogens with two attached hydrogens (primary N) is 1.